The molecule has 0 saturated carbocycles. The third kappa shape index (κ3) is 4.76. The average molecular weight is 381 g/mol. The summed E-state index contributed by atoms with van der Waals surface area (Å²) in [5, 5.41) is 0. The van der Waals surface area contributed by atoms with Gasteiger partial charge in [0.25, 0.3) is 5.91 Å². The molecule has 0 radical (unpaired) electrons. The highest BCUT2D eigenvalue weighted by Crippen LogP contribution is 2.30. The summed E-state index contributed by atoms with van der Waals surface area (Å²) >= 11 is 6.59. The number of amides is 2. The van der Waals surface area contributed by atoms with E-state index in [9.17, 15) is 9.59 Å². The molecule has 1 fully saturated rings. The van der Waals surface area contributed by atoms with Crippen LogP contribution in [0, 0.1) is 0 Å². The van der Waals surface area contributed by atoms with Crippen LogP contribution in [0.4, 0.5) is 0 Å². The molecule has 2 heterocycles. The molecular formula is C16H19N3O4S2. The highest BCUT2D eigenvalue weighted by atomic mass is 32.2. The molecule has 1 aromatic rings. The van der Waals surface area contributed by atoms with Crippen LogP contribution < -0.4 is 20.3 Å². The van der Waals surface area contributed by atoms with Gasteiger partial charge >= 0.3 is 0 Å². The maximum absolute atomic E-state index is 12.1. The van der Waals surface area contributed by atoms with Gasteiger partial charge in [0.2, 0.25) is 12.0 Å². The van der Waals surface area contributed by atoms with Crippen molar-refractivity contribution < 1.29 is 19.1 Å². The molecule has 1 atom stereocenters. The van der Waals surface area contributed by atoms with Crippen LogP contribution in [0.25, 0.3) is 0 Å². The van der Waals surface area contributed by atoms with E-state index in [-0.39, 0.29) is 18.3 Å². The minimum atomic E-state index is -0.812. The van der Waals surface area contributed by atoms with Crippen LogP contribution >= 0.6 is 24.0 Å². The number of nitrogens with one attached hydrogen (secondary N) is 2. The first-order valence-electron chi connectivity index (χ1n) is 8.02. The predicted octanol–water partition coefficient (Wildman–Crippen LogP) is 1.09. The number of hydrogen-bond donors (Lipinski definition) is 2. The first-order chi connectivity index (χ1) is 12.1. The van der Waals surface area contributed by atoms with Crippen molar-refractivity contribution >= 4 is 40.1 Å². The van der Waals surface area contributed by atoms with E-state index in [2.05, 4.69) is 15.8 Å². The molecule has 1 saturated heterocycles. The molecule has 3 rings (SSSR count). The van der Waals surface area contributed by atoms with E-state index >= 15 is 0 Å². The van der Waals surface area contributed by atoms with Gasteiger partial charge in [0.15, 0.2) is 11.5 Å². The van der Waals surface area contributed by atoms with E-state index in [1.165, 1.54) is 11.8 Å². The maximum Gasteiger partial charge on any atom is 0.283 e. The lowest BCUT2D eigenvalue weighted by atomic mass is 10.2. The molecular weight excluding hydrogens is 362 g/mol. The number of rotatable bonds is 3. The number of likely N-dealkylation sites (tertiary alicyclic amines) is 1. The van der Waals surface area contributed by atoms with Gasteiger partial charge in [0, 0.05) is 13.1 Å². The topological polar surface area (TPSA) is 79.9 Å². The summed E-state index contributed by atoms with van der Waals surface area (Å²) in [7, 11) is 0. The molecule has 2 amide bonds. The lowest BCUT2D eigenvalue weighted by Gasteiger charge is -2.25. The number of carbonyl (C=O) groups is 2. The SMILES string of the molecule is O=C(CSC(=S)N1CCCC1)NNC(=O)[C@H]1COc2ccccc2O1. The first kappa shape index (κ1) is 17.8. The molecule has 1 aromatic carbocycles. The Morgan fingerprint density at radius 1 is 1.20 bits per heavy atom. The number of ether oxygens (including phenoxy) is 2. The average Bonchev–Trinajstić information content (AvgIpc) is 3.18. The third-order valence-electron chi connectivity index (χ3n) is 3.82. The summed E-state index contributed by atoms with van der Waals surface area (Å²) in [5.41, 5.74) is 4.74. The smallest absolute Gasteiger partial charge is 0.283 e. The van der Waals surface area contributed by atoms with Gasteiger partial charge in [-0.1, -0.05) is 36.1 Å². The Balaban J connectivity index is 1.38. The van der Waals surface area contributed by atoms with Crippen LogP contribution in [0.5, 0.6) is 11.5 Å². The van der Waals surface area contributed by atoms with Gasteiger partial charge in [0.1, 0.15) is 10.9 Å². The first-order valence-corrected chi connectivity index (χ1v) is 9.42. The Labute approximate surface area is 155 Å². The standard InChI is InChI=1S/C16H19N3O4S2/c20-14(10-25-16(24)19-7-3-4-8-19)17-18-15(21)13-9-22-11-5-1-2-6-12(11)23-13/h1-2,5-6,13H,3-4,7-10H2,(H,17,20)(H,18,21)/t13-/m1/s1. The van der Waals surface area contributed by atoms with Gasteiger partial charge in [-0.2, -0.15) is 0 Å². The molecule has 9 heteroatoms. The molecule has 25 heavy (non-hydrogen) atoms. The van der Waals surface area contributed by atoms with Crippen molar-refractivity contribution in [2.45, 2.75) is 18.9 Å². The number of hydrazine groups is 1. The maximum atomic E-state index is 12.1. The van der Waals surface area contributed by atoms with Crippen molar-refractivity contribution in [3.8, 4) is 11.5 Å². The minimum absolute atomic E-state index is 0.0898. The lowest BCUT2D eigenvalue weighted by Crippen LogP contribution is -2.51. The van der Waals surface area contributed by atoms with Crippen LogP contribution in [-0.4, -0.2) is 52.6 Å². The molecule has 134 valence electrons. The molecule has 0 spiro atoms. The minimum Gasteiger partial charge on any atom is -0.485 e. The Kier molecular flexibility index (Phi) is 5.98. The van der Waals surface area contributed by atoms with Crippen LogP contribution in [0.3, 0.4) is 0 Å². The van der Waals surface area contributed by atoms with Crippen LogP contribution in [-0.2, 0) is 9.59 Å². The predicted molar refractivity (Wildman–Crippen MR) is 98.5 cm³/mol. The Bertz CT molecular complexity index is 665. The number of hydrogen-bond acceptors (Lipinski definition) is 6. The van der Waals surface area contributed by atoms with E-state index in [1.54, 1.807) is 18.2 Å². The highest BCUT2D eigenvalue weighted by molar-refractivity contribution is 8.23. The van der Waals surface area contributed by atoms with Crippen molar-refractivity contribution in [3.05, 3.63) is 24.3 Å². The fourth-order valence-corrected chi connectivity index (χ4v) is 3.57. The molecule has 0 bridgehead atoms. The number of thiocarbonyl (C=S) groups is 1. The van der Waals surface area contributed by atoms with Crippen molar-refractivity contribution in [2.75, 3.05) is 25.4 Å². The number of para-hydroxylation sites is 2. The van der Waals surface area contributed by atoms with Crippen molar-refractivity contribution in [1.29, 1.82) is 0 Å². The summed E-state index contributed by atoms with van der Waals surface area (Å²) in [4.78, 5) is 26.0. The summed E-state index contributed by atoms with van der Waals surface area (Å²) in [6.07, 6.45) is 1.46. The molecule has 2 aliphatic rings. The largest absolute Gasteiger partial charge is 0.485 e. The second-order valence-electron chi connectivity index (χ2n) is 5.65. The van der Waals surface area contributed by atoms with Gasteiger partial charge in [-0.25, -0.2) is 0 Å². The van der Waals surface area contributed by atoms with Gasteiger partial charge in [-0.05, 0) is 25.0 Å². The number of benzene rings is 1. The Morgan fingerprint density at radius 2 is 1.92 bits per heavy atom. The molecule has 2 N–H and O–H groups in total. The van der Waals surface area contributed by atoms with E-state index in [4.69, 9.17) is 21.7 Å². The summed E-state index contributed by atoms with van der Waals surface area (Å²) in [6.45, 7) is 1.99. The van der Waals surface area contributed by atoms with Crippen LogP contribution in [0.15, 0.2) is 24.3 Å². The summed E-state index contributed by atoms with van der Waals surface area (Å²) in [6, 6.07) is 7.12. The molecule has 2 aliphatic heterocycles. The lowest BCUT2D eigenvalue weighted by molar-refractivity contribution is -0.134. The fourth-order valence-electron chi connectivity index (χ4n) is 2.51. The molecule has 0 aromatic heterocycles. The summed E-state index contributed by atoms with van der Waals surface area (Å²) in [5.74, 6) is 0.474. The van der Waals surface area contributed by atoms with Gasteiger partial charge in [0.05, 0.1) is 5.75 Å². The van der Waals surface area contributed by atoms with E-state index < -0.39 is 12.0 Å². The Morgan fingerprint density at radius 3 is 2.68 bits per heavy atom. The second-order valence-corrected chi connectivity index (χ2v) is 7.26. The molecule has 0 aliphatic carbocycles. The zero-order valence-electron chi connectivity index (χ0n) is 13.5. The zero-order valence-corrected chi connectivity index (χ0v) is 15.2. The van der Waals surface area contributed by atoms with Gasteiger partial charge in [-0.3, -0.25) is 20.4 Å². The molecule has 7 nitrogen and oxygen atoms in total. The quantitative estimate of drug-likeness (QED) is 0.599. The number of thioether (sulfide) groups is 1. The van der Waals surface area contributed by atoms with Crippen LogP contribution in [0.1, 0.15) is 12.8 Å². The van der Waals surface area contributed by atoms with E-state index in [1.807, 2.05) is 6.07 Å². The highest BCUT2D eigenvalue weighted by Gasteiger charge is 2.27. The van der Waals surface area contributed by atoms with Crippen molar-refractivity contribution in [2.24, 2.45) is 0 Å². The van der Waals surface area contributed by atoms with E-state index in [0.717, 1.165) is 30.3 Å². The van der Waals surface area contributed by atoms with Crippen molar-refractivity contribution in [3.63, 3.8) is 0 Å². The molecule has 0 unspecified atom stereocenters. The van der Waals surface area contributed by atoms with Gasteiger partial charge in [-0.15, -0.1) is 0 Å². The van der Waals surface area contributed by atoms with Crippen molar-refractivity contribution in [1.82, 2.24) is 15.8 Å². The number of carbonyl (C=O) groups excluding carboxylic acids is 2. The summed E-state index contributed by atoms with van der Waals surface area (Å²) < 4.78 is 11.8. The normalized spacial score (nSPS) is 18.6. The fraction of sp³-hybridized carbons (Fsp3) is 0.438. The van der Waals surface area contributed by atoms with E-state index in [0.29, 0.717) is 11.5 Å². The van der Waals surface area contributed by atoms with Gasteiger partial charge < -0.3 is 14.4 Å². The second kappa shape index (κ2) is 8.39. The number of nitrogens with zero attached hydrogens (tertiary/aromatic N) is 1. The zero-order chi connectivity index (χ0) is 17.6. The monoisotopic (exact) mass is 381 g/mol. The van der Waals surface area contributed by atoms with Crippen LogP contribution in [0.2, 0.25) is 0 Å². The third-order valence-corrected chi connectivity index (χ3v) is 5.34. The number of fused-ring (bicyclic) bond motifs is 1. The Hall–Kier alpha value is -2.00.